The molecule has 0 spiro atoms. The average Bonchev–Trinajstić information content (AvgIpc) is 2.63. The Morgan fingerprint density at radius 1 is 1.27 bits per heavy atom. The van der Waals surface area contributed by atoms with E-state index < -0.39 is 0 Å². The van der Waals surface area contributed by atoms with E-state index in [0.29, 0.717) is 5.57 Å². The Morgan fingerprint density at radius 3 is 2.20 bits per heavy atom. The summed E-state index contributed by atoms with van der Waals surface area (Å²) in [4.78, 5) is 11.6. The molecular weight excluding hydrogens is 188 g/mol. The number of methoxy groups -OCH3 is 1. The van der Waals surface area contributed by atoms with Crippen LogP contribution in [-0.4, -0.2) is 13.1 Å². The highest BCUT2D eigenvalue weighted by Gasteiger charge is 2.25. The van der Waals surface area contributed by atoms with E-state index in [2.05, 4.69) is 5.73 Å². The van der Waals surface area contributed by atoms with E-state index in [1.54, 1.807) is 0 Å². The molecule has 0 amide bonds. The Kier molecular flexibility index (Phi) is 3.76. The van der Waals surface area contributed by atoms with Crippen LogP contribution in [0.3, 0.4) is 0 Å². The van der Waals surface area contributed by atoms with Gasteiger partial charge in [0.15, 0.2) is 0 Å². The maximum Gasteiger partial charge on any atom is 0.342 e. The lowest BCUT2D eigenvalue weighted by atomic mass is 9.86. The maximum absolute atomic E-state index is 11.6. The first-order chi connectivity index (χ1) is 6.95. The van der Waals surface area contributed by atoms with Crippen LogP contribution in [0.1, 0.15) is 46.5 Å². The number of hydrogen-bond acceptors (Lipinski definition) is 2. The topological polar surface area (TPSA) is 26.3 Å². The Bertz CT molecular complexity index is 304. The molecule has 84 valence electrons. The molecular formula is C13H20O2. The molecule has 2 nitrogen and oxygen atoms in total. The van der Waals surface area contributed by atoms with Gasteiger partial charge in [0.2, 0.25) is 0 Å². The van der Waals surface area contributed by atoms with Gasteiger partial charge in [-0.05, 0) is 31.3 Å². The minimum absolute atomic E-state index is 0.192. The van der Waals surface area contributed by atoms with Gasteiger partial charge in [0.25, 0.3) is 0 Å². The van der Waals surface area contributed by atoms with Crippen LogP contribution in [0, 0.1) is 5.41 Å². The van der Waals surface area contributed by atoms with E-state index in [4.69, 9.17) is 4.74 Å². The zero-order chi connectivity index (χ0) is 11.5. The third-order valence-corrected chi connectivity index (χ3v) is 2.65. The first-order valence-corrected chi connectivity index (χ1v) is 5.52. The second-order valence-corrected chi connectivity index (χ2v) is 5.05. The summed E-state index contributed by atoms with van der Waals surface area (Å²) >= 11 is 0. The second kappa shape index (κ2) is 4.67. The van der Waals surface area contributed by atoms with Gasteiger partial charge < -0.3 is 4.74 Å². The lowest BCUT2D eigenvalue weighted by Crippen LogP contribution is -2.18. The number of hydrogen-bond donors (Lipinski definition) is 0. The lowest BCUT2D eigenvalue weighted by Gasteiger charge is -2.18. The van der Waals surface area contributed by atoms with Crippen LogP contribution in [0.15, 0.2) is 16.9 Å². The highest BCUT2D eigenvalue weighted by atomic mass is 16.5. The van der Waals surface area contributed by atoms with Crippen molar-refractivity contribution in [1.82, 2.24) is 0 Å². The highest BCUT2D eigenvalue weighted by molar-refractivity contribution is 5.89. The number of carbonyl (C=O) groups excluding carboxylic acids is 1. The zero-order valence-corrected chi connectivity index (χ0v) is 10.1. The Balaban J connectivity index is 3.10. The standard InChI is InChI=1S/C13H20O2/c1-13(2,3)11(12(14)15-4)9-10-7-5-6-8-10/h5-8H2,1-4H3. The zero-order valence-electron chi connectivity index (χ0n) is 10.1. The van der Waals surface area contributed by atoms with Gasteiger partial charge in [-0.1, -0.05) is 20.8 Å². The molecule has 0 saturated heterocycles. The fraction of sp³-hybridized carbons (Fsp3) is 0.692. The predicted octanol–water partition coefficient (Wildman–Crippen LogP) is 3.23. The van der Waals surface area contributed by atoms with Crippen LogP contribution in [0.4, 0.5) is 0 Å². The van der Waals surface area contributed by atoms with E-state index in [1.165, 1.54) is 25.5 Å². The smallest absolute Gasteiger partial charge is 0.342 e. The minimum atomic E-state index is -0.248. The molecule has 1 fully saturated rings. The van der Waals surface area contributed by atoms with Crippen LogP contribution in [0.2, 0.25) is 0 Å². The van der Waals surface area contributed by atoms with Gasteiger partial charge in [-0.2, -0.15) is 0 Å². The normalized spacial score (nSPS) is 16.1. The van der Waals surface area contributed by atoms with Crippen LogP contribution in [-0.2, 0) is 9.53 Å². The van der Waals surface area contributed by atoms with Crippen molar-refractivity contribution in [3.8, 4) is 0 Å². The fourth-order valence-corrected chi connectivity index (χ4v) is 1.75. The molecule has 0 aliphatic heterocycles. The first-order valence-electron chi connectivity index (χ1n) is 5.52. The Labute approximate surface area is 92.0 Å². The fourth-order valence-electron chi connectivity index (χ4n) is 1.75. The van der Waals surface area contributed by atoms with Crippen LogP contribution < -0.4 is 0 Å². The molecule has 0 radical (unpaired) electrons. The summed E-state index contributed by atoms with van der Waals surface area (Å²) in [6.45, 7) is 6.05. The average molecular weight is 208 g/mol. The molecule has 0 aromatic heterocycles. The maximum atomic E-state index is 11.6. The van der Waals surface area contributed by atoms with Gasteiger partial charge in [0, 0.05) is 5.41 Å². The van der Waals surface area contributed by atoms with E-state index >= 15 is 0 Å². The van der Waals surface area contributed by atoms with Crippen LogP contribution >= 0.6 is 0 Å². The summed E-state index contributed by atoms with van der Waals surface area (Å²) in [5.41, 5.74) is 5.01. The van der Waals surface area contributed by atoms with Crippen LogP contribution in [0.25, 0.3) is 0 Å². The van der Waals surface area contributed by atoms with Gasteiger partial charge in [0.05, 0.1) is 12.7 Å². The molecule has 0 aromatic carbocycles. The molecule has 1 rings (SSSR count). The summed E-state index contributed by atoms with van der Waals surface area (Å²) in [5, 5.41) is 0. The van der Waals surface area contributed by atoms with Crippen molar-refractivity contribution in [3.05, 3.63) is 16.9 Å². The van der Waals surface area contributed by atoms with Gasteiger partial charge >= 0.3 is 5.97 Å². The van der Waals surface area contributed by atoms with Crippen molar-refractivity contribution in [1.29, 1.82) is 0 Å². The van der Waals surface area contributed by atoms with E-state index in [9.17, 15) is 4.79 Å². The van der Waals surface area contributed by atoms with Crippen molar-refractivity contribution in [2.45, 2.75) is 46.5 Å². The number of rotatable bonds is 1. The Hall–Kier alpha value is -1.01. The van der Waals surface area contributed by atoms with Crippen molar-refractivity contribution < 1.29 is 9.53 Å². The second-order valence-electron chi connectivity index (χ2n) is 5.05. The van der Waals surface area contributed by atoms with E-state index in [-0.39, 0.29) is 11.4 Å². The molecule has 2 heteroatoms. The van der Waals surface area contributed by atoms with Gasteiger partial charge in [-0.3, -0.25) is 0 Å². The van der Waals surface area contributed by atoms with Crippen LogP contribution in [0.5, 0.6) is 0 Å². The molecule has 0 aromatic rings. The summed E-state index contributed by atoms with van der Waals surface area (Å²) in [5.74, 6) is -0.248. The Morgan fingerprint density at radius 2 is 1.80 bits per heavy atom. The molecule has 1 aliphatic rings. The summed E-state index contributed by atoms with van der Waals surface area (Å²) in [6, 6.07) is 0. The van der Waals surface area contributed by atoms with Crippen molar-refractivity contribution >= 4 is 5.97 Å². The van der Waals surface area contributed by atoms with E-state index in [1.807, 2.05) is 20.8 Å². The van der Waals surface area contributed by atoms with E-state index in [0.717, 1.165) is 12.8 Å². The van der Waals surface area contributed by atoms with Crippen molar-refractivity contribution in [2.75, 3.05) is 7.11 Å². The monoisotopic (exact) mass is 208 g/mol. The van der Waals surface area contributed by atoms with Gasteiger partial charge in [0.1, 0.15) is 0 Å². The predicted molar refractivity (Wildman–Crippen MR) is 60.5 cm³/mol. The molecule has 0 atom stereocenters. The molecule has 0 heterocycles. The molecule has 0 unspecified atom stereocenters. The van der Waals surface area contributed by atoms with Crippen molar-refractivity contribution in [3.63, 3.8) is 0 Å². The number of esters is 1. The van der Waals surface area contributed by atoms with Gasteiger partial charge in [-0.25, -0.2) is 4.79 Å². The molecule has 1 aliphatic carbocycles. The minimum Gasteiger partial charge on any atom is -0.465 e. The molecule has 0 N–H and O–H groups in total. The van der Waals surface area contributed by atoms with Gasteiger partial charge in [-0.15, -0.1) is 5.73 Å². The molecule has 1 saturated carbocycles. The largest absolute Gasteiger partial charge is 0.465 e. The quantitative estimate of drug-likeness (QED) is 0.375. The third kappa shape index (κ3) is 3.24. The number of ether oxygens (including phenoxy) is 1. The summed E-state index contributed by atoms with van der Waals surface area (Å²) < 4.78 is 4.80. The SMILES string of the molecule is COC(=O)C(=C=C1CCCC1)C(C)(C)C. The lowest BCUT2D eigenvalue weighted by molar-refractivity contribution is -0.137. The molecule has 15 heavy (non-hydrogen) atoms. The summed E-state index contributed by atoms with van der Waals surface area (Å²) in [7, 11) is 1.43. The first kappa shape index (κ1) is 12.1. The highest BCUT2D eigenvalue weighted by Crippen LogP contribution is 2.29. The molecule has 0 bridgehead atoms. The van der Waals surface area contributed by atoms with Crippen molar-refractivity contribution in [2.24, 2.45) is 5.41 Å². The number of carbonyl (C=O) groups is 1. The summed E-state index contributed by atoms with van der Waals surface area (Å²) in [6.07, 6.45) is 4.61. The third-order valence-electron chi connectivity index (χ3n) is 2.65.